The maximum absolute atomic E-state index is 12.9. The van der Waals surface area contributed by atoms with Crippen LogP contribution >= 0.6 is 0 Å². The van der Waals surface area contributed by atoms with E-state index in [9.17, 15) is 14.4 Å². The Hall–Kier alpha value is -2.41. The SMILES string of the molecule is CC(=O)N1CCN([C@H](C)C(=O)N2CC(=O)Nc3ccccc32)CC1. The summed E-state index contributed by atoms with van der Waals surface area (Å²) >= 11 is 0. The summed E-state index contributed by atoms with van der Waals surface area (Å²) in [5.41, 5.74) is 1.40. The largest absolute Gasteiger partial charge is 0.340 e. The van der Waals surface area contributed by atoms with Crippen LogP contribution in [0.15, 0.2) is 24.3 Å². The zero-order valence-electron chi connectivity index (χ0n) is 14.0. The van der Waals surface area contributed by atoms with Crippen molar-refractivity contribution in [1.29, 1.82) is 0 Å². The van der Waals surface area contributed by atoms with E-state index in [4.69, 9.17) is 0 Å². The van der Waals surface area contributed by atoms with Crippen molar-refractivity contribution in [1.82, 2.24) is 9.80 Å². The third kappa shape index (κ3) is 3.12. The molecule has 1 aromatic carbocycles. The van der Waals surface area contributed by atoms with Crippen molar-refractivity contribution in [3.8, 4) is 0 Å². The minimum Gasteiger partial charge on any atom is -0.340 e. The highest BCUT2D eigenvalue weighted by Crippen LogP contribution is 2.29. The van der Waals surface area contributed by atoms with Crippen LogP contribution in [0.5, 0.6) is 0 Å². The number of fused-ring (bicyclic) bond motifs is 1. The molecule has 7 heteroatoms. The Labute approximate surface area is 141 Å². The van der Waals surface area contributed by atoms with Crippen molar-refractivity contribution in [3.05, 3.63) is 24.3 Å². The van der Waals surface area contributed by atoms with Crippen LogP contribution in [-0.4, -0.2) is 66.3 Å². The third-order valence-electron chi connectivity index (χ3n) is 4.70. The molecule has 1 saturated heterocycles. The highest BCUT2D eigenvalue weighted by Gasteiger charge is 2.33. The quantitative estimate of drug-likeness (QED) is 0.858. The molecule has 0 radical (unpaired) electrons. The number of nitrogens with zero attached hydrogens (tertiary/aromatic N) is 3. The number of rotatable bonds is 2. The molecule has 0 aliphatic carbocycles. The van der Waals surface area contributed by atoms with E-state index in [-0.39, 0.29) is 30.3 Å². The standard InChI is InChI=1S/C17H22N4O3/c1-12(19-7-9-20(10-8-19)13(2)22)17(24)21-11-16(23)18-14-5-3-4-6-15(14)21/h3-6,12H,7-11H2,1-2H3,(H,18,23)/t12-/m1/s1. The number of carbonyl (C=O) groups is 3. The molecule has 2 heterocycles. The second-order valence-electron chi connectivity index (χ2n) is 6.21. The lowest BCUT2D eigenvalue weighted by molar-refractivity contribution is -0.132. The first-order chi connectivity index (χ1) is 11.5. The molecule has 1 atom stereocenters. The molecular weight excluding hydrogens is 308 g/mol. The molecule has 0 saturated carbocycles. The first-order valence-electron chi connectivity index (χ1n) is 8.17. The first-order valence-corrected chi connectivity index (χ1v) is 8.17. The summed E-state index contributed by atoms with van der Waals surface area (Å²) in [5.74, 6) is -0.209. The van der Waals surface area contributed by atoms with Gasteiger partial charge in [0, 0.05) is 33.1 Å². The lowest BCUT2D eigenvalue weighted by Crippen LogP contribution is -2.56. The molecule has 0 aromatic heterocycles. The highest BCUT2D eigenvalue weighted by atomic mass is 16.2. The summed E-state index contributed by atoms with van der Waals surface area (Å²) in [6.07, 6.45) is 0. The minimum atomic E-state index is -0.335. The molecule has 128 valence electrons. The fourth-order valence-corrected chi connectivity index (χ4v) is 3.24. The summed E-state index contributed by atoms with van der Waals surface area (Å²) in [5, 5.41) is 2.79. The summed E-state index contributed by atoms with van der Waals surface area (Å²) in [6, 6.07) is 6.98. The van der Waals surface area contributed by atoms with Crippen molar-refractivity contribution in [2.75, 3.05) is 42.9 Å². The Morgan fingerprint density at radius 3 is 2.46 bits per heavy atom. The molecule has 7 nitrogen and oxygen atoms in total. The maximum atomic E-state index is 12.9. The van der Waals surface area contributed by atoms with E-state index in [1.165, 1.54) is 0 Å². The number of para-hydroxylation sites is 2. The van der Waals surface area contributed by atoms with Crippen molar-refractivity contribution in [2.24, 2.45) is 0 Å². The van der Waals surface area contributed by atoms with Crippen LogP contribution in [0.3, 0.4) is 0 Å². The minimum absolute atomic E-state index is 0.0353. The molecular formula is C17H22N4O3. The summed E-state index contributed by atoms with van der Waals surface area (Å²) in [6.45, 7) is 6.04. The maximum Gasteiger partial charge on any atom is 0.244 e. The predicted octanol–water partition coefficient (Wildman–Crippen LogP) is 0.524. The molecule has 0 unspecified atom stereocenters. The average molecular weight is 330 g/mol. The Bertz CT molecular complexity index is 668. The van der Waals surface area contributed by atoms with Gasteiger partial charge in [0.15, 0.2) is 0 Å². The van der Waals surface area contributed by atoms with Crippen LogP contribution in [0.1, 0.15) is 13.8 Å². The van der Waals surface area contributed by atoms with E-state index >= 15 is 0 Å². The van der Waals surface area contributed by atoms with E-state index in [0.29, 0.717) is 31.9 Å². The number of anilines is 2. The number of nitrogens with one attached hydrogen (secondary N) is 1. The molecule has 3 rings (SSSR count). The molecule has 1 N–H and O–H groups in total. The molecule has 2 aliphatic heterocycles. The van der Waals surface area contributed by atoms with Gasteiger partial charge in [-0.3, -0.25) is 24.2 Å². The van der Waals surface area contributed by atoms with Gasteiger partial charge in [-0.2, -0.15) is 0 Å². The van der Waals surface area contributed by atoms with Crippen molar-refractivity contribution in [3.63, 3.8) is 0 Å². The normalized spacial score (nSPS) is 19.5. The Balaban J connectivity index is 1.73. The third-order valence-corrected chi connectivity index (χ3v) is 4.70. The van der Waals surface area contributed by atoms with Gasteiger partial charge in [-0.15, -0.1) is 0 Å². The summed E-state index contributed by atoms with van der Waals surface area (Å²) < 4.78 is 0. The molecule has 1 aromatic rings. The second kappa shape index (κ2) is 6.60. The molecule has 0 bridgehead atoms. The number of hydrogen-bond acceptors (Lipinski definition) is 4. The van der Waals surface area contributed by atoms with Gasteiger partial charge < -0.3 is 10.2 Å². The van der Waals surface area contributed by atoms with Gasteiger partial charge >= 0.3 is 0 Å². The molecule has 3 amide bonds. The van der Waals surface area contributed by atoms with Gasteiger partial charge in [-0.1, -0.05) is 12.1 Å². The zero-order valence-corrected chi connectivity index (χ0v) is 14.0. The lowest BCUT2D eigenvalue weighted by Gasteiger charge is -2.39. The zero-order chi connectivity index (χ0) is 17.3. The molecule has 0 spiro atoms. The van der Waals surface area contributed by atoms with Crippen LogP contribution in [0, 0.1) is 0 Å². The smallest absolute Gasteiger partial charge is 0.244 e. The number of carbonyl (C=O) groups excluding carboxylic acids is 3. The molecule has 1 fully saturated rings. The predicted molar refractivity (Wildman–Crippen MR) is 90.7 cm³/mol. The van der Waals surface area contributed by atoms with Crippen LogP contribution in [0.4, 0.5) is 11.4 Å². The van der Waals surface area contributed by atoms with E-state index < -0.39 is 0 Å². The van der Waals surface area contributed by atoms with E-state index in [1.807, 2.05) is 25.1 Å². The van der Waals surface area contributed by atoms with Crippen LogP contribution in [0.25, 0.3) is 0 Å². The van der Waals surface area contributed by atoms with E-state index in [1.54, 1.807) is 22.8 Å². The van der Waals surface area contributed by atoms with Gasteiger partial charge in [0.05, 0.1) is 17.4 Å². The Morgan fingerprint density at radius 1 is 1.12 bits per heavy atom. The first kappa shape index (κ1) is 16.4. The summed E-state index contributed by atoms with van der Waals surface area (Å²) in [7, 11) is 0. The van der Waals surface area contributed by atoms with Gasteiger partial charge in [-0.25, -0.2) is 0 Å². The van der Waals surface area contributed by atoms with Crippen molar-refractivity contribution < 1.29 is 14.4 Å². The number of hydrogen-bond donors (Lipinski definition) is 1. The number of benzene rings is 1. The Kier molecular flexibility index (Phi) is 4.53. The molecule has 24 heavy (non-hydrogen) atoms. The lowest BCUT2D eigenvalue weighted by atomic mass is 10.1. The van der Waals surface area contributed by atoms with Crippen LogP contribution in [0.2, 0.25) is 0 Å². The van der Waals surface area contributed by atoms with Crippen molar-refractivity contribution >= 4 is 29.1 Å². The second-order valence-corrected chi connectivity index (χ2v) is 6.21. The number of piperazine rings is 1. The van der Waals surface area contributed by atoms with Gasteiger partial charge in [-0.05, 0) is 19.1 Å². The van der Waals surface area contributed by atoms with Gasteiger partial charge in [0.2, 0.25) is 17.7 Å². The van der Waals surface area contributed by atoms with Crippen LogP contribution < -0.4 is 10.2 Å². The topological polar surface area (TPSA) is 73.0 Å². The van der Waals surface area contributed by atoms with Crippen LogP contribution in [-0.2, 0) is 14.4 Å². The average Bonchev–Trinajstić information content (AvgIpc) is 2.59. The highest BCUT2D eigenvalue weighted by molar-refractivity contribution is 6.11. The monoisotopic (exact) mass is 330 g/mol. The van der Waals surface area contributed by atoms with E-state index in [2.05, 4.69) is 10.2 Å². The van der Waals surface area contributed by atoms with Gasteiger partial charge in [0.1, 0.15) is 6.54 Å². The van der Waals surface area contributed by atoms with Crippen molar-refractivity contribution in [2.45, 2.75) is 19.9 Å². The summed E-state index contributed by atoms with van der Waals surface area (Å²) in [4.78, 5) is 41.7. The molecule has 2 aliphatic rings. The number of amides is 3. The fourth-order valence-electron chi connectivity index (χ4n) is 3.24. The van der Waals surface area contributed by atoms with E-state index in [0.717, 1.165) is 5.69 Å². The Morgan fingerprint density at radius 2 is 1.79 bits per heavy atom. The van der Waals surface area contributed by atoms with Gasteiger partial charge in [0.25, 0.3) is 0 Å². The fraction of sp³-hybridized carbons (Fsp3) is 0.471.